The zero-order chi connectivity index (χ0) is 14.5. The molecule has 1 aliphatic rings. The average Bonchev–Trinajstić information content (AvgIpc) is 2.44. The van der Waals surface area contributed by atoms with Gasteiger partial charge in [0.15, 0.2) is 0 Å². The van der Waals surface area contributed by atoms with Crippen LogP contribution in [0.15, 0.2) is 22.7 Å². The molecule has 2 rings (SSSR count). The lowest BCUT2D eigenvalue weighted by atomic mass is 9.89. The van der Waals surface area contributed by atoms with Gasteiger partial charge in [0.2, 0.25) is 0 Å². The van der Waals surface area contributed by atoms with E-state index in [2.05, 4.69) is 40.0 Å². The Balaban J connectivity index is 2.31. The van der Waals surface area contributed by atoms with E-state index in [-0.39, 0.29) is 11.9 Å². The Hall–Kier alpha value is -0.450. The van der Waals surface area contributed by atoms with E-state index in [0.717, 1.165) is 49.1 Å². The highest BCUT2D eigenvalue weighted by Crippen LogP contribution is 2.34. The second-order valence-corrected chi connectivity index (χ2v) is 6.58. The summed E-state index contributed by atoms with van der Waals surface area (Å²) in [6, 6.07) is 5.48. The summed E-state index contributed by atoms with van der Waals surface area (Å²) in [5, 5.41) is 3.37. The van der Waals surface area contributed by atoms with Crippen molar-refractivity contribution in [2.24, 2.45) is 5.92 Å². The van der Waals surface area contributed by atoms with Crippen molar-refractivity contribution in [3.05, 3.63) is 34.1 Å². The third-order valence-corrected chi connectivity index (χ3v) is 4.60. The first-order valence-corrected chi connectivity index (χ1v) is 8.32. The lowest BCUT2D eigenvalue weighted by molar-refractivity contribution is 0.123. The number of piperazine rings is 1. The fraction of sp³-hybridized carbons (Fsp3) is 0.625. The van der Waals surface area contributed by atoms with Gasteiger partial charge < -0.3 is 5.32 Å². The lowest BCUT2D eigenvalue weighted by Gasteiger charge is -2.39. The molecule has 1 aromatic carbocycles. The van der Waals surface area contributed by atoms with E-state index in [1.165, 1.54) is 0 Å². The van der Waals surface area contributed by atoms with Crippen molar-refractivity contribution in [2.75, 3.05) is 26.2 Å². The number of hydrogen-bond acceptors (Lipinski definition) is 2. The molecule has 2 atom stereocenters. The second kappa shape index (κ2) is 7.53. The number of hydrogen-bond donors (Lipinski definition) is 1. The van der Waals surface area contributed by atoms with Crippen molar-refractivity contribution < 1.29 is 4.39 Å². The van der Waals surface area contributed by atoms with Crippen LogP contribution in [-0.2, 0) is 0 Å². The van der Waals surface area contributed by atoms with Crippen molar-refractivity contribution >= 4 is 15.9 Å². The molecular formula is C16H24BrFN2. The topological polar surface area (TPSA) is 15.3 Å². The van der Waals surface area contributed by atoms with Gasteiger partial charge in [0.05, 0.1) is 0 Å². The van der Waals surface area contributed by atoms with Gasteiger partial charge in [-0.05, 0) is 30.5 Å². The monoisotopic (exact) mass is 342 g/mol. The molecule has 1 saturated heterocycles. The molecule has 1 aliphatic heterocycles. The number of halogens is 2. The highest BCUT2D eigenvalue weighted by molar-refractivity contribution is 9.10. The van der Waals surface area contributed by atoms with Crippen LogP contribution in [0.2, 0.25) is 0 Å². The summed E-state index contributed by atoms with van der Waals surface area (Å²) in [7, 11) is 0. The van der Waals surface area contributed by atoms with Crippen LogP contribution in [0.5, 0.6) is 0 Å². The van der Waals surface area contributed by atoms with Gasteiger partial charge in [-0.3, -0.25) is 4.90 Å². The quantitative estimate of drug-likeness (QED) is 0.870. The standard InChI is InChI=1S/C16H24BrFN2/c1-3-4-12(2)16(20-9-7-19-8-10-20)14-11-13(17)5-6-15(14)18/h5-6,11-12,16,19H,3-4,7-10H2,1-2H3/t12?,16-/m1/s1. The van der Waals surface area contributed by atoms with Gasteiger partial charge in [0, 0.05) is 42.3 Å². The summed E-state index contributed by atoms with van der Waals surface area (Å²) in [5.74, 6) is 0.376. The van der Waals surface area contributed by atoms with Crippen LogP contribution in [-0.4, -0.2) is 31.1 Å². The second-order valence-electron chi connectivity index (χ2n) is 5.66. The van der Waals surface area contributed by atoms with Crippen LogP contribution in [0.3, 0.4) is 0 Å². The van der Waals surface area contributed by atoms with Crippen LogP contribution in [0.4, 0.5) is 4.39 Å². The molecule has 20 heavy (non-hydrogen) atoms. The maximum Gasteiger partial charge on any atom is 0.128 e. The summed E-state index contributed by atoms with van der Waals surface area (Å²) in [6.07, 6.45) is 2.26. The molecule has 1 heterocycles. The minimum absolute atomic E-state index is 0.0836. The molecular weight excluding hydrogens is 319 g/mol. The first-order valence-electron chi connectivity index (χ1n) is 7.53. The minimum atomic E-state index is -0.0836. The first-order chi connectivity index (χ1) is 9.63. The number of nitrogens with zero attached hydrogens (tertiary/aromatic N) is 1. The summed E-state index contributed by atoms with van der Waals surface area (Å²) in [4.78, 5) is 2.43. The van der Waals surface area contributed by atoms with Gasteiger partial charge >= 0.3 is 0 Å². The molecule has 0 saturated carbocycles. The Kier molecular flexibility index (Phi) is 6.00. The fourth-order valence-corrected chi connectivity index (χ4v) is 3.56. The zero-order valence-corrected chi connectivity index (χ0v) is 13.9. The summed E-state index contributed by atoms with van der Waals surface area (Å²) in [5.41, 5.74) is 0.835. The number of rotatable bonds is 5. The predicted octanol–water partition coefficient (Wildman–Crippen LogP) is 3.97. The number of nitrogens with one attached hydrogen (secondary N) is 1. The molecule has 112 valence electrons. The van der Waals surface area contributed by atoms with Crippen molar-refractivity contribution in [2.45, 2.75) is 32.7 Å². The van der Waals surface area contributed by atoms with E-state index >= 15 is 0 Å². The Morgan fingerprint density at radius 3 is 2.70 bits per heavy atom. The molecule has 1 fully saturated rings. The van der Waals surface area contributed by atoms with E-state index < -0.39 is 0 Å². The van der Waals surface area contributed by atoms with Crippen molar-refractivity contribution in [3.8, 4) is 0 Å². The first kappa shape index (κ1) is 15.9. The van der Waals surface area contributed by atoms with Gasteiger partial charge in [0.25, 0.3) is 0 Å². The van der Waals surface area contributed by atoms with Crippen molar-refractivity contribution in [3.63, 3.8) is 0 Å². The summed E-state index contributed by atoms with van der Waals surface area (Å²) >= 11 is 3.48. The van der Waals surface area contributed by atoms with E-state index in [1.807, 2.05) is 6.07 Å². The molecule has 0 aromatic heterocycles. The Morgan fingerprint density at radius 2 is 2.05 bits per heavy atom. The number of benzene rings is 1. The maximum absolute atomic E-state index is 14.3. The molecule has 0 radical (unpaired) electrons. The average molecular weight is 343 g/mol. The smallest absolute Gasteiger partial charge is 0.128 e. The largest absolute Gasteiger partial charge is 0.314 e. The predicted molar refractivity (Wildman–Crippen MR) is 85.4 cm³/mol. The maximum atomic E-state index is 14.3. The minimum Gasteiger partial charge on any atom is -0.314 e. The molecule has 1 aromatic rings. The molecule has 1 N–H and O–H groups in total. The van der Waals surface area contributed by atoms with Gasteiger partial charge in [0.1, 0.15) is 5.82 Å². The van der Waals surface area contributed by atoms with Crippen molar-refractivity contribution in [1.29, 1.82) is 0 Å². The highest BCUT2D eigenvalue weighted by Gasteiger charge is 2.29. The normalized spacial score (nSPS) is 19.8. The molecule has 2 nitrogen and oxygen atoms in total. The van der Waals surface area contributed by atoms with E-state index in [4.69, 9.17) is 0 Å². The molecule has 0 bridgehead atoms. The Labute approximate surface area is 129 Å². The van der Waals surface area contributed by atoms with Crippen LogP contribution in [0.25, 0.3) is 0 Å². The third-order valence-electron chi connectivity index (χ3n) is 4.10. The SMILES string of the molecule is CCCC(C)[C@H](c1cc(Br)ccc1F)N1CCNCC1. The van der Waals surface area contributed by atoms with E-state index in [9.17, 15) is 4.39 Å². The van der Waals surface area contributed by atoms with Crippen LogP contribution < -0.4 is 5.32 Å². The summed E-state index contributed by atoms with van der Waals surface area (Å²) < 4.78 is 15.3. The lowest BCUT2D eigenvalue weighted by Crippen LogP contribution is -2.46. The van der Waals surface area contributed by atoms with E-state index in [0.29, 0.717) is 5.92 Å². The zero-order valence-electron chi connectivity index (χ0n) is 12.3. The van der Waals surface area contributed by atoms with Gasteiger partial charge in [-0.1, -0.05) is 36.2 Å². The van der Waals surface area contributed by atoms with Crippen LogP contribution in [0, 0.1) is 11.7 Å². The summed E-state index contributed by atoms with van der Waals surface area (Å²) in [6.45, 7) is 8.41. The van der Waals surface area contributed by atoms with Crippen LogP contribution in [0.1, 0.15) is 38.3 Å². The third kappa shape index (κ3) is 3.80. The van der Waals surface area contributed by atoms with Gasteiger partial charge in [-0.15, -0.1) is 0 Å². The Bertz CT molecular complexity index is 432. The Morgan fingerprint density at radius 1 is 1.35 bits per heavy atom. The van der Waals surface area contributed by atoms with Gasteiger partial charge in [-0.2, -0.15) is 0 Å². The molecule has 0 spiro atoms. The van der Waals surface area contributed by atoms with E-state index in [1.54, 1.807) is 12.1 Å². The molecule has 4 heteroatoms. The fourth-order valence-electron chi connectivity index (χ4n) is 3.18. The van der Waals surface area contributed by atoms with Gasteiger partial charge in [-0.25, -0.2) is 4.39 Å². The molecule has 0 amide bonds. The van der Waals surface area contributed by atoms with Crippen molar-refractivity contribution in [1.82, 2.24) is 10.2 Å². The molecule has 0 aliphatic carbocycles. The highest BCUT2D eigenvalue weighted by atomic mass is 79.9. The molecule has 1 unspecified atom stereocenters. The van der Waals surface area contributed by atoms with Crippen LogP contribution >= 0.6 is 15.9 Å².